The van der Waals surface area contributed by atoms with Crippen LogP contribution in [0.4, 0.5) is 0 Å². The van der Waals surface area contributed by atoms with Gasteiger partial charge in [-0.25, -0.2) is 0 Å². The van der Waals surface area contributed by atoms with Gasteiger partial charge in [0.2, 0.25) is 0 Å². The molecule has 0 spiro atoms. The molecule has 120 valence electrons. The SMILES string of the molecule is COCCOCCCOC1(CNC(C)(C)C)CCCC1. The van der Waals surface area contributed by atoms with E-state index >= 15 is 0 Å². The Morgan fingerprint density at radius 2 is 1.70 bits per heavy atom. The van der Waals surface area contributed by atoms with E-state index in [1.807, 2.05) is 0 Å². The first-order valence-electron chi connectivity index (χ1n) is 7.93. The van der Waals surface area contributed by atoms with Gasteiger partial charge in [0.1, 0.15) is 0 Å². The van der Waals surface area contributed by atoms with Gasteiger partial charge in [-0.2, -0.15) is 0 Å². The van der Waals surface area contributed by atoms with Gasteiger partial charge in [-0.15, -0.1) is 0 Å². The maximum absolute atomic E-state index is 6.22. The Labute approximate surface area is 124 Å². The first kappa shape index (κ1) is 17.9. The number of nitrogens with one attached hydrogen (secondary N) is 1. The number of rotatable bonds is 10. The molecule has 0 unspecified atom stereocenters. The lowest BCUT2D eigenvalue weighted by Gasteiger charge is -2.33. The van der Waals surface area contributed by atoms with Crippen molar-refractivity contribution in [2.75, 3.05) is 40.1 Å². The smallest absolute Gasteiger partial charge is 0.0806 e. The molecule has 0 amide bonds. The van der Waals surface area contributed by atoms with Crippen LogP contribution in [-0.4, -0.2) is 51.2 Å². The second-order valence-corrected chi connectivity index (χ2v) is 6.80. The van der Waals surface area contributed by atoms with Crippen LogP contribution in [0, 0.1) is 0 Å². The van der Waals surface area contributed by atoms with Crippen molar-refractivity contribution < 1.29 is 14.2 Å². The molecule has 0 bridgehead atoms. The van der Waals surface area contributed by atoms with Crippen LogP contribution < -0.4 is 5.32 Å². The van der Waals surface area contributed by atoms with E-state index in [1.54, 1.807) is 7.11 Å². The average molecular weight is 287 g/mol. The summed E-state index contributed by atoms with van der Waals surface area (Å²) in [6, 6.07) is 0. The summed E-state index contributed by atoms with van der Waals surface area (Å²) in [5.41, 5.74) is 0.210. The Morgan fingerprint density at radius 1 is 1.00 bits per heavy atom. The van der Waals surface area contributed by atoms with Crippen LogP contribution in [-0.2, 0) is 14.2 Å². The third kappa shape index (κ3) is 7.58. The minimum atomic E-state index is 0.0554. The summed E-state index contributed by atoms with van der Waals surface area (Å²) in [5, 5.41) is 3.60. The van der Waals surface area contributed by atoms with E-state index in [-0.39, 0.29) is 11.1 Å². The number of methoxy groups -OCH3 is 1. The number of hydrogen-bond donors (Lipinski definition) is 1. The number of ether oxygens (including phenoxy) is 3. The average Bonchev–Trinajstić information content (AvgIpc) is 2.84. The molecule has 20 heavy (non-hydrogen) atoms. The molecule has 1 aliphatic carbocycles. The highest BCUT2D eigenvalue weighted by Gasteiger charge is 2.35. The van der Waals surface area contributed by atoms with Crippen molar-refractivity contribution in [2.24, 2.45) is 0 Å². The van der Waals surface area contributed by atoms with Crippen LogP contribution in [0.3, 0.4) is 0 Å². The van der Waals surface area contributed by atoms with Crippen molar-refractivity contribution in [3.05, 3.63) is 0 Å². The lowest BCUT2D eigenvalue weighted by atomic mass is 9.99. The third-order valence-electron chi connectivity index (χ3n) is 3.73. The molecule has 0 aromatic rings. The molecule has 0 radical (unpaired) electrons. The third-order valence-corrected chi connectivity index (χ3v) is 3.73. The second-order valence-electron chi connectivity index (χ2n) is 6.80. The van der Waals surface area contributed by atoms with E-state index in [1.165, 1.54) is 25.7 Å². The monoisotopic (exact) mass is 287 g/mol. The van der Waals surface area contributed by atoms with Crippen molar-refractivity contribution in [1.82, 2.24) is 5.32 Å². The first-order valence-corrected chi connectivity index (χ1v) is 7.93. The molecule has 0 aromatic heterocycles. The van der Waals surface area contributed by atoms with E-state index in [0.717, 1.165) is 26.2 Å². The molecule has 0 atom stereocenters. The maximum atomic E-state index is 6.22. The van der Waals surface area contributed by atoms with Crippen LogP contribution in [0.15, 0.2) is 0 Å². The fraction of sp³-hybridized carbons (Fsp3) is 1.00. The molecule has 1 N–H and O–H groups in total. The summed E-state index contributed by atoms with van der Waals surface area (Å²) in [6.45, 7) is 10.5. The van der Waals surface area contributed by atoms with E-state index < -0.39 is 0 Å². The Hall–Kier alpha value is -0.160. The first-order chi connectivity index (χ1) is 9.47. The largest absolute Gasteiger partial charge is 0.382 e. The highest BCUT2D eigenvalue weighted by molar-refractivity contribution is 4.90. The summed E-state index contributed by atoms with van der Waals surface area (Å²) in [4.78, 5) is 0. The highest BCUT2D eigenvalue weighted by atomic mass is 16.5. The molecule has 1 saturated carbocycles. The van der Waals surface area contributed by atoms with Gasteiger partial charge in [-0.05, 0) is 40.0 Å². The molecular weight excluding hydrogens is 254 g/mol. The van der Waals surface area contributed by atoms with Gasteiger partial charge < -0.3 is 19.5 Å². The maximum Gasteiger partial charge on any atom is 0.0806 e. The molecule has 0 aliphatic heterocycles. The van der Waals surface area contributed by atoms with Gasteiger partial charge in [0, 0.05) is 32.4 Å². The van der Waals surface area contributed by atoms with Crippen LogP contribution in [0.25, 0.3) is 0 Å². The van der Waals surface area contributed by atoms with Gasteiger partial charge in [-0.3, -0.25) is 0 Å². The molecule has 0 heterocycles. The van der Waals surface area contributed by atoms with Gasteiger partial charge in [0.25, 0.3) is 0 Å². The molecular formula is C16H33NO3. The topological polar surface area (TPSA) is 39.7 Å². The zero-order valence-corrected chi connectivity index (χ0v) is 13.8. The summed E-state index contributed by atoms with van der Waals surface area (Å²) < 4.78 is 16.6. The van der Waals surface area contributed by atoms with Crippen molar-refractivity contribution in [3.63, 3.8) is 0 Å². The van der Waals surface area contributed by atoms with E-state index in [4.69, 9.17) is 14.2 Å². The fourth-order valence-corrected chi connectivity index (χ4v) is 2.51. The predicted octanol–water partition coefficient (Wildman–Crippen LogP) is 2.76. The zero-order chi connectivity index (χ0) is 14.9. The molecule has 0 aromatic carbocycles. The fourth-order valence-electron chi connectivity index (χ4n) is 2.51. The Morgan fingerprint density at radius 3 is 2.30 bits per heavy atom. The highest BCUT2D eigenvalue weighted by Crippen LogP contribution is 2.33. The zero-order valence-electron chi connectivity index (χ0n) is 13.8. The molecule has 4 nitrogen and oxygen atoms in total. The summed E-state index contributed by atoms with van der Waals surface area (Å²) in [6.07, 6.45) is 5.90. The molecule has 4 heteroatoms. The van der Waals surface area contributed by atoms with Crippen molar-refractivity contribution in [3.8, 4) is 0 Å². The minimum absolute atomic E-state index is 0.0554. The normalized spacial score (nSPS) is 18.6. The predicted molar refractivity (Wildman–Crippen MR) is 82.2 cm³/mol. The lowest BCUT2D eigenvalue weighted by molar-refractivity contribution is -0.0508. The van der Waals surface area contributed by atoms with Crippen LogP contribution in [0.2, 0.25) is 0 Å². The minimum Gasteiger partial charge on any atom is -0.382 e. The van der Waals surface area contributed by atoms with Crippen molar-refractivity contribution in [1.29, 1.82) is 0 Å². The Kier molecular flexibility index (Phi) is 8.03. The standard InChI is InChI=1S/C16H33NO3/c1-15(2,3)17-14-16(8-5-6-9-16)20-11-7-10-19-13-12-18-4/h17H,5-14H2,1-4H3. The van der Waals surface area contributed by atoms with E-state index in [2.05, 4.69) is 26.1 Å². The quantitative estimate of drug-likeness (QED) is 0.627. The van der Waals surface area contributed by atoms with E-state index in [0.29, 0.717) is 13.2 Å². The van der Waals surface area contributed by atoms with Crippen molar-refractivity contribution in [2.45, 2.75) is 64.0 Å². The van der Waals surface area contributed by atoms with Gasteiger partial charge in [-0.1, -0.05) is 12.8 Å². The van der Waals surface area contributed by atoms with Gasteiger partial charge in [0.15, 0.2) is 0 Å². The Balaban J connectivity index is 2.18. The molecule has 1 fully saturated rings. The Bertz CT molecular complexity index is 245. The van der Waals surface area contributed by atoms with Gasteiger partial charge in [0.05, 0.1) is 18.8 Å². The van der Waals surface area contributed by atoms with Crippen LogP contribution in [0.1, 0.15) is 52.9 Å². The summed E-state index contributed by atoms with van der Waals surface area (Å²) in [5.74, 6) is 0. The van der Waals surface area contributed by atoms with Gasteiger partial charge >= 0.3 is 0 Å². The van der Waals surface area contributed by atoms with Crippen LogP contribution in [0.5, 0.6) is 0 Å². The second kappa shape index (κ2) is 8.98. The van der Waals surface area contributed by atoms with Crippen LogP contribution >= 0.6 is 0 Å². The summed E-state index contributed by atoms with van der Waals surface area (Å²) in [7, 11) is 1.69. The van der Waals surface area contributed by atoms with Crippen molar-refractivity contribution >= 4 is 0 Å². The molecule has 1 aliphatic rings. The van der Waals surface area contributed by atoms with E-state index in [9.17, 15) is 0 Å². The lowest BCUT2D eigenvalue weighted by Crippen LogP contribution is -2.48. The molecule has 0 saturated heterocycles. The summed E-state index contributed by atoms with van der Waals surface area (Å²) >= 11 is 0. The molecule has 1 rings (SSSR count). The number of hydrogen-bond acceptors (Lipinski definition) is 4.